The van der Waals surface area contributed by atoms with Gasteiger partial charge in [-0.2, -0.15) is 0 Å². The summed E-state index contributed by atoms with van der Waals surface area (Å²) in [5.74, 6) is 0. The van der Waals surface area contributed by atoms with E-state index in [-0.39, 0.29) is 0 Å². The van der Waals surface area contributed by atoms with Crippen LogP contribution in [0.5, 0.6) is 0 Å². The van der Waals surface area contributed by atoms with Crippen molar-refractivity contribution in [3.05, 3.63) is 163 Å². The molecule has 4 heterocycles. The first-order chi connectivity index (χ1) is 22.8. The van der Waals surface area contributed by atoms with Crippen LogP contribution in [0.15, 0.2) is 152 Å². The van der Waals surface area contributed by atoms with Gasteiger partial charge in [-0.3, -0.25) is 4.98 Å². The summed E-state index contributed by atoms with van der Waals surface area (Å²) in [6.07, 6.45) is 3.72. The van der Waals surface area contributed by atoms with Crippen LogP contribution < -0.4 is 0 Å². The lowest BCUT2D eigenvalue weighted by Crippen LogP contribution is -2.01. The Bertz CT molecular complexity index is 2560. The SMILES string of the molecule is [C-]#[N+]c1cccc(-n2c3ccccc3c3ccccc32)c1-c1cccc(-c2cnccc2-n2c3ccccc3c3ccccc32)n1. The molecular formula is C41H25N5. The van der Waals surface area contributed by atoms with Crippen LogP contribution in [0.1, 0.15) is 0 Å². The average molecular weight is 588 g/mol. The highest BCUT2D eigenvalue weighted by Gasteiger charge is 2.20. The van der Waals surface area contributed by atoms with E-state index in [2.05, 4.69) is 128 Å². The Balaban J connectivity index is 1.29. The normalized spacial score (nSPS) is 11.5. The Labute approximate surface area is 265 Å². The van der Waals surface area contributed by atoms with Crippen LogP contribution in [0.2, 0.25) is 0 Å². The Morgan fingerprint density at radius 2 is 0.978 bits per heavy atom. The maximum absolute atomic E-state index is 8.16. The molecule has 5 nitrogen and oxygen atoms in total. The first-order valence-electron chi connectivity index (χ1n) is 15.2. The Morgan fingerprint density at radius 3 is 1.54 bits per heavy atom. The monoisotopic (exact) mass is 587 g/mol. The highest BCUT2D eigenvalue weighted by Crippen LogP contribution is 2.41. The minimum Gasteiger partial charge on any atom is -0.310 e. The van der Waals surface area contributed by atoms with E-state index in [1.54, 1.807) is 0 Å². The van der Waals surface area contributed by atoms with Gasteiger partial charge in [0.2, 0.25) is 0 Å². The van der Waals surface area contributed by atoms with Gasteiger partial charge in [0.15, 0.2) is 5.69 Å². The first-order valence-corrected chi connectivity index (χ1v) is 15.2. The molecule has 0 bridgehead atoms. The summed E-state index contributed by atoms with van der Waals surface area (Å²) >= 11 is 0. The molecule has 0 aliphatic carbocycles. The Hall–Kier alpha value is -6.51. The van der Waals surface area contributed by atoms with Gasteiger partial charge in [0.25, 0.3) is 0 Å². The van der Waals surface area contributed by atoms with Crippen molar-refractivity contribution >= 4 is 49.3 Å². The van der Waals surface area contributed by atoms with Gasteiger partial charge >= 0.3 is 0 Å². The van der Waals surface area contributed by atoms with Crippen LogP contribution in [-0.2, 0) is 0 Å². The molecule has 4 aromatic heterocycles. The molecule has 0 atom stereocenters. The zero-order valence-corrected chi connectivity index (χ0v) is 24.7. The molecule has 9 rings (SSSR count). The molecule has 0 amide bonds. The first kappa shape index (κ1) is 25.9. The zero-order chi connectivity index (χ0) is 30.6. The van der Waals surface area contributed by atoms with Crippen molar-refractivity contribution in [1.82, 2.24) is 19.1 Å². The molecule has 9 aromatic rings. The minimum atomic E-state index is 0.554. The van der Waals surface area contributed by atoms with Crippen molar-refractivity contribution in [2.24, 2.45) is 0 Å². The standard InChI is InChI=1S/C41H25N5/c1-42-33-17-11-23-40(46-37-21-8-4-14-29(37)30-15-5-9-22-38(30)46)41(33)34-18-10-16-32(44-34)31-26-43-25-24-39(31)45-35-19-6-2-12-27(35)28-13-3-7-20-36(28)45/h2-26H. The average Bonchev–Trinajstić information content (AvgIpc) is 3.64. The fraction of sp³-hybridized carbons (Fsp3) is 0. The van der Waals surface area contributed by atoms with E-state index in [9.17, 15) is 0 Å². The quantitative estimate of drug-likeness (QED) is 0.192. The maximum atomic E-state index is 8.16. The van der Waals surface area contributed by atoms with Crippen molar-refractivity contribution in [2.75, 3.05) is 0 Å². The van der Waals surface area contributed by atoms with Gasteiger partial charge in [-0.05, 0) is 48.5 Å². The summed E-state index contributed by atoms with van der Waals surface area (Å²) in [6, 6.07) is 47.9. The summed E-state index contributed by atoms with van der Waals surface area (Å²) in [5.41, 5.74) is 10.1. The number of benzene rings is 5. The van der Waals surface area contributed by atoms with Gasteiger partial charge < -0.3 is 9.13 Å². The molecule has 5 aromatic carbocycles. The molecule has 0 fully saturated rings. The van der Waals surface area contributed by atoms with E-state index in [1.165, 1.54) is 21.5 Å². The van der Waals surface area contributed by atoms with Crippen LogP contribution in [0.3, 0.4) is 0 Å². The molecule has 214 valence electrons. The molecule has 0 radical (unpaired) electrons. The molecule has 0 saturated carbocycles. The molecule has 0 saturated heterocycles. The molecular weight excluding hydrogens is 562 g/mol. The van der Waals surface area contributed by atoms with Gasteiger partial charge in [-0.1, -0.05) is 91.0 Å². The van der Waals surface area contributed by atoms with Crippen LogP contribution in [0.4, 0.5) is 5.69 Å². The smallest absolute Gasteiger partial charge is 0.198 e. The van der Waals surface area contributed by atoms with Gasteiger partial charge in [-0.25, -0.2) is 9.83 Å². The van der Waals surface area contributed by atoms with Crippen LogP contribution >= 0.6 is 0 Å². The third kappa shape index (κ3) is 3.81. The van der Waals surface area contributed by atoms with E-state index in [0.29, 0.717) is 5.69 Å². The van der Waals surface area contributed by atoms with E-state index in [0.717, 1.165) is 56.0 Å². The van der Waals surface area contributed by atoms with Gasteiger partial charge in [-0.15, -0.1) is 0 Å². The molecule has 0 unspecified atom stereocenters. The third-order valence-electron chi connectivity index (χ3n) is 8.86. The number of aromatic nitrogens is 4. The van der Waals surface area contributed by atoms with Crippen LogP contribution in [-0.4, -0.2) is 19.1 Å². The Morgan fingerprint density at radius 1 is 0.478 bits per heavy atom. The lowest BCUT2D eigenvalue weighted by atomic mass is 10.0. The topological polar surface area (TPSA) is 40.0 Å². The minimum absolute atomic E-state index is 0.554. The predicted molar refractivity (Wildman–Crippen MR) is 188 cm³/mol. The van der Waals surface area contributed by atoms with Crippen molar-refractivity contribution in [3.8, 4) is 33.9 Å². The van der Waals surface area contributed by atoms with Gasteiger partial charge in [0.05, 0.1) is 45.7 Å². The Kier molecular flexibility index (Phi) is 5.81. The predicted octanol–water partition coefficient (Wildman–Crippen LogP) is 10.6. The number of rotatable bonds is 4. The number of hydrogen-bond donors (Lipinski definition) is 0. The van der Waals surface area contributed by atoms with Crippen LogP contribution in [0.25, 0.3) is 82.3 Å². The van der Waals surface area contributed by atoms with Crippen molar-refractivity contribution in [1.29, 1.82) is 0 Å². The second-order valence-corrected chi connectivity index (χ2v) is 11.3. The lowest BCUT2D eigenvalue weighted by molar-refractivity contribution is 1.14. The fourth-order valence-electron chi connectivity index (χ4n) is 6.94. The largest absolute Gasteiger partial charge is 0.310 e. The molecule has 0 aliphatic heterocycles. The zero-order valence-electron chi connectivity index (χ0n) is 24.7. The molecule has 0 N–H and O–H groups in total. The summed E-state index contributed by atoms with van der Waals surface area (Å²) in [4.78, 5) is 13.8. The van der Waals surface area contributed by atoms with E-state index in [1.807, 2.05) is 42.7 Å². The second-order valence-electron chi connectivity index (χ2n) is 11.3. The maximum Gasteiger partial charge on any atom is 0.198 e. The van der Waals surface area contributed by atoms with Crippen molar-refractivity contribution in [2.45, 2.75) is 0 Å². The number of hydrogen-bond acceptors (Lipinski definition) is 2. The number of fused-ring (bicyclic) bond motifs is 6. The van der Waals surface area contributed by atoms with E-state index >= 15 is 0 Å². The summed E-state index contributed by atoms with van der Waals surface area (Å²) in [7, 11) is 0. The summed E-state index contributed by atoms with van der Waals surface area (Å²) < 4.78 is 4.56. The van der Waals surface area contributed by atoms with Crippen LogP contribution in [0, 0.1) is 6.57 Å². The van der Waals surface area contributed by atoms with E-state index < -0.39 is 0 Å². The number of para-hydroxylation sites is 4. The summed E-state index contributed by atoms with van der Waals surface area (Å²) in [6.45, 7) is 8.16. The van der Waals surface area contributed by atoms with E-state index in [4.69, 9.17) is 11.6 Å². The number of pyridine rings is 2. The second kappa shape index (κ2) is 10.3. The third-order valence-corrected chi connectivity index (χ3v) is 8.86. The van der Waals surface area contributed by atoms with Crippen molar-refractivity contribution in [3.63, 3.8) is 0 Å². The van der Waals surface area contributed by atoms with Crippen molar-refractivity contribution < 1.29 is 0 Å². The highest BCUT2D eigenvalue weighted by molar-refractivity contribution is 6.11. The summed E-state index contributed by atoms with van der Waals surface area (Å²) in [5, 5.41) is 4.74. The molecule has 0 spiro atoms. The lowest BCUT2D eigenvalue weighted by Gasteiger charge is -2.17. The van der Waals surface area contributed by atoms with Gasteiger partial charge in [0, 0.05) is 50.8 Å². The molecule has 46 heavy (non-hydrogen) atoms. The number of nitrogens with zero attached hydrogens (tertiary/aromatic N) is 5. The molecule has 0 aliphatic rings. The van der Waals surface area contributed by atoms with Gasteiger partial charge in [0.1, 0.15) is 0 Å². The molecule has 5 heteroatoms. The highest BCUT2D eigenvalue weighted by atomic mass is 15.0. The fourth-order valence-corrected chi connectivity index (χ4v) is 6.94.